The molecular formula is C28H29ClN4S. The van der Waals surface area contributed by atoms with Gasteiger partial charge in [-0.05, 0) is 93.0 Å². The predicted octanol–water partition coefficient (Wildman–Crippen LogP) is 6.85. The Bertz CT molecular complexity index is 1300. The number of nitrogens with one attached hydrogen (secondary N) is 1. The topological polar surface area (TPSA) is 31.4 Å². The Kier molecular flexibility index (Phi) is 5.65. The van der Waals surface area contributed by atoms with Crippen molar-refractivity contribution in [1.82, 2.24) is 10.3 Å². The second kappa shape index (κ2) is 8.40. The second-order valence-corrected chi connectivity index (χ2v) is 10.6. The first-order valence-electron chi connectivity index (χ1n) is 11.5. The van der Waals surface area contributed by atoms with Crippen molar-refractivity contribution in [2.75, 3.05) is 16.8 Å². The zero-order valence-electron chi connectivity index (χ0n) is 20.1. The second-order valence-electron chi connectivity index (χ2n) is 9.77. The van der Waals surface area contributed by atoms with Crippen LogP contribution in [0.3, 0.4) is 0 Å². The van der Waals surface area contributed by atoms with Crippen molar-refractivity contribution in [3.63, 3.8) is 0 Å². The number of likely N-dealkylation sites (N-methyl/N-ethyl adjacent to an activating group) is 1. The summed E-state index contributed by atoms with van der Waals surface area (Å²) in [6.45, 7) is 8.71. The van der Waals surface area contributed by atoms with Crippen LogP contribution in [-0.4, -0.2) is 22.7 Å². The van der Waals surface area contributed by atoms with Crippen molar-refractivity contribution in [2.45, 2.75) is 45.3 Å². The first kappa shape index (κ1) is 22.9. The van der Waals surface area contributed by atoms with E-state index in [1.165, 1.54) is 16.7 Å². The zero-order valence-corrected chi connectivity index (χ0v) is 21.7. The lowest BCUT2D eigenvalue weighted by Crippen LogP contribution is -2.42. The largest absolute Gasteiger partial charge is 0.365 e. The predicted molar refractivity (Wildman–Crippen MR) is 147 cm³/mol. The molecule has 2 unspecified atom stereocenters. The normalized spacial score (nSPS) is 21.2. The van der Waals surface area contributed by atoms with Crippen LogP contribution in [0.2, 0.25) is 5.02 Å². The van der Waals surface area contributed by atoms with Crippen LogP contribution >= 0.6 is 23.8 Å². The highest BCUT2D eigenvalue weighted by molar-refractivity contribution is 7.80. The number of halogens is 1. The van der Waals surface area contributed by atoms with Gasteiger partial charge in [-0.15, -0.1) is 0 Å². The number of anilines is 2. The summed E-state index contributed by atoms with van der Waals surface area (Å²) in [6.07, 6.45) is 4.14. The molecule has 34 heavy (non-hydrogen) atoms. The summed E-state index contributed by atoms with van der Waals surface area (Å²) in [6, 6.07) is 18.5. The molecule has 0 aliphatic carbocycles. The van der Waals surface area contributed by atoms with E-state index in [1.807, 2.05) is 24.4 Å². The number of fused-ring (bicyclic) bond motifs is 1. The van der Waals surface area contributed by atoms with E-state index in [-0.39, 0.29) is 17.6 Å². The Morgan fingerprint density at radius 1 is 1.06 bits per heavy atom. The van der Waals surface area contributed by atoms with Crippen LogP contribution in [0.5, 0.6) is 0 Å². The molecule has 3 heterocycles. The Balaban J connectivity index is 1.71. The molecule has 1 saturated heterocycles. The number of rotatable bonds is 3. The summed E-state index contributed by atoms with van der Waals surface area (Å²) in [5, 5.41) is 4.94. The van der Waals surface area contributed by atoms with Crippen LogP contribution in [0, 0.1) is 6.92 Å². The number of thiocarbonyl (C=S) groups is 1. The molecule has 2 aromatic carbocycles. The number of benzene rings is 2. The SMILES string of the molecule is CC1=CC(C)(C)N(C)c2cc(Cl)c(C3C(c4ccccn4)NC(=S)N3c3cccc(C)c3)cc21. The van der Waals surface area contributed by atoms with Crippen LogP contribution in [0.1, 0.15) is 55.2 Å². The van der Waals surface area contributed by atoms with Gasteiger partial charge in [0.1, 0.15) is 0 Å². The van der Waals surface area contributed by atoms with Gasteiger partial charge in [-0.1, -0.05) is 35.9 Å². The van der Waals surface area contributed by atoms with Gasteiger partial charge in [0, 0.05) is 35.2 Å². The lowest BCUT2D eigenvalue weighted by atomic mass is 9.86. The van der Waals surface area contributed by atoms with Crippen molar-refractivity contribution >= 4 is 45.9 Å². The number of hydrogen-bond donors (Lipinski definition) is 1. The van der Waals surface area contributed by atoms with Gasteiger partial charge in [0.15, 0.2) is 5.11 Å². The molecule has 0 radical (unpaired) electrons. The molecule has 2 aliphatic heterocycles. The fraction of sp³-hybridized carbons (Fsp3) is 0.286. The van der Waals surface area contributed by atoms with Crippen LogP contribution in [0.4, 0.5) is 11.4 Å². The number of aromatic nitrogens is 1. The van der Waals surface area contributed by atoms with E-state index < -0.39 is 0 Å². The third-order valence-electron chi connectivity index (χ3n) is 7.03. The molecule has 1 fully saturated rings. The van der Waals surface area contributed by atoms with Crippen LogP contribution in [-0.2, 0) is 0 Å². The van der Waals surface area contributed by atoms with E-state index in [1.54, 1.807) is 0 Å². The molecular weight excluding hydrogens is 460 g/mol. The van der Waals surface area contributed by atoms with Gasteiger partial charge in [-0.3, -0.25) is 4.98 Å². The number of pyridine rings is 1. The third-order valence-corrected chi connectivity index (χ3v) is 7.67. The van der Waals surface area contributed by atoms with Crippen LogP contribution in [0.25, 0.3) is 5.57 Å². The van der Waals surface area contributed by atoms with Crippen molar-refractivity contribution in [3.05, 3.63) is 94.3 Å². The standard InChI is InChI=1S/C28H29ClN4S/c1-17-9-8-10-19(13-17)33-26(25(31-27(33)34)23-11-6-7-12-30-23)21-14-20-18(2)16-28(3,4)32(5)24(20)15-22(21)29/h6-16,25-26H,1-5H3,(H,31,34). The molecule has 3 aromatic rings. The maximum absolute atomic E-state index is 7.07. The Labute approximate surface area is 212 Å². The van der Waals surface area contributed by atoms with E-state index >= 15 is 0 Å². The molecule has 0 amide bonds. The average Bonchev–Trinajstić information content (AvgIpc) is 3.14. The van der Waals surface area contributed by atoms with Gasteiger partial charge < -0.3 is 15.1 Å². The smallest absolute Gasteiger partial charge is 0.174 e. The van der Waals surface area contributed by atoms with E-state index in [0.29, 0.717) is 5.11 Å². The summed E-state index contributed by atoms with van der Waals surface area (Å²) in [5.41, 5.74) is 7.70. The molecule has 0 saturated carbocycles. The monoisotopic (exact) mass is 488 g/mol. The summed E-state index contributed by atoms with van der Waals surface area (Å²) in [4.78, 5) is 9.14. The lowest BCUT2D eigenvalue weighted by molar-refractivity contribution is 0.567. The van der Waals surface area contributed by atoms with Gasteiger partial charge in [0.25, 0.3) is 0 Å². The third kappa shape index (κ3) is 3.77. The van der Waals surface area contributed by atoms with Gasteiger partial charge >= 0.3 is 0 Å². The molecule has 174 valence electrons. The fourth-order valence-corrected chi connectivity index (χ4v) is 5.76. The first-order chi connectivity index (χ1) is 16.2. The highest BCUT2D eigenvalue weighted by Gasteiger charge is 2.42. The Morgan fingerprint density at radius 2 is 1.85 bits per heavy atom. The number of allylic oxidation sites excluding steroid dienone is 1. The van der Waals surface area contributed by atoms with Crippen molar-refractivity contribution in [3.8, 4) is 0 Å². The molecule has 2 atom stereocenters. The Hall–Kier alpha value is -2.89. The van der Waals surface area contributed by atoms with Crippen LogP contribution in [0.15, 0.2) is 66.9 Å². The summed E-state index contributed by atoms with van der Waals surface area (Å²) in [7, 11) is 2.12. The van der Waals surface area contributed by atoms with E-state index in [9.17, 15) is 0 Å². The highest BCUT2D eigenvalue weighted by Crippen LogP contribution is 2.47. The lowest BCUT2D eigenvalue weighted by Gasteiger charge is -2.41. The van der Waals surface area contributed by atoms with E-state index in [2.05, 4.69) is 97.3 Å². The molecule has 4 nitrogen and oxygen atoms in total. The molecule has 0 bridgehead atoms. The molecule has 5 rings (SSSR count). The maximum atomic E-state index is 7.07. The quantitative estimate of drug-likeness (QED) is 0.407. The molecule has 1 aromatic heterocycles. The summed E-state index contributed by atoms with van der Waals surface area (Å²) >= 11 is 12.9. The van der Waals surface area contributed by atoms with Crippen molar-refractivity contribution < 1.29 is 0 Å². The van der Waals surface area contributed by atoms with E-state index in [0.717, 1.165) is 27.7 Å². The summed E-state index contributed by atoms with van der Waals surface area (Å²) in [5.74, 6) is 0. The minimum atomic E-state index is -0.143. The molecule has 6 heteroatoms. The first-order valence-corrected chi connectivity index (χ1v) is 12.3. The summed E-state index contributed by atoms with van der Waals surface area (Å²) < 4.78 is 0. The van der Waals surface area contributed by atoms with Gasteiger partial charge in [-0.2, -0.15) is 0 Å². The van der Waals surface area contributed by atoms with Crippen molar-refractivity contribution in [2.24, 2.45) is 0 Å². The van der Waals surface area contributed by atoms with Crippen molar-refractivity contribution in [1.29, 1.82) is 0 Å². The minimum Gasteiger partial charge on any atom is -0.365 e. The van der Waals surface area contributed by atoms with Gasteiger partial charge in [0.05, 0.1) is 23.3 Å². The minimum absolute atomic E-state index is 0.0808. The highest BCUT2D eigenvalue weighted by atomic mass is 35.5. The maximum Gasteiger partial charge on any atom is 0.174 e. The van der Waals surface area contributed by atoms with Crippen LogP contribution < -0.4 is 15.1 Å². The zero-order chi connectivity index (χ0) is 24.2. The molecule has 1 N–H and O–H groups in total. The number of hydrogen-bond acceptors (Lipinski definition) is 3. The van der Waals surface area contributed by atoms with Gasteiger partial charge in [0.2, 0.25) is 0 Å². The van der Waals surface area contributed by atoms with E-state index in [4.69, 9.17) is 23.8 Å². The molecule has 2 aliphatic rings. The fourth-order valence-electron chi connectivity index (χ4n) is 5.14. The number of aryl methyl sites for hydroxylation is 1. The Morgan fingerprint density at radius 3 is 2.56 bits per heavy atom. The number of nitrogens with zero attached hydrogens (tertiary/aromatic N) is 3. The van der Waals surface area contributed by atoms with Gasteiger partial charge in [-0.25, -0.2) is 0 Å². The average molecular weight is 489 g/mol. The molecule has 0 spiro atoms.